The largest absolute Gasteiger partial charge is 0.508 e. The first kappa shape index (κ1) is 21.8. The Morgan fingerprint density at radius 2 is 1.76 bits per heavy atom. The Hall–Kier alpha value is -4.39. The molecule has 0 aliphatic heterocycles. The van der Waals surface area contributed by atoms with Gasteiger partial charge >= 0.3 is 0 Å². The van der Waals surface area contributed by atoms with Gasteiger partial charge in [0.2, 0.25) is 5.89 Å². The van der Waals surface area contributed by atoms with E-state index < -0.39 is 0 Å². The second-order valence-corrected chi connectivity index (χ2v) is 7.31. The smallest absolute Gasteiger partial charge is 0.254 e. The number of allylic oxidation sites excluding steroid dienone is 1. The van der Waals surface area contributed by atoms with Crippen LogP contribution in [0.1, 0.15) is 27.4 Å². The lowest BCUT2D eigenvalue weighted by atomic mass is 10.1. The van der Waals surface area contributed by atoms with E-state index in [2.05, 4.69) is 10.2 Å². The van der Waals surface area contributed by atoms with E-state index in [4.69, 9.17) is 13.9 Å². The lowest BCUT2D eigenvalue weighted by molar-refractivity contribution is 0.104. The van der Waals surface area contributed by atoms with Gasteiger partial charge in [0, 0.05) is 11.1 Å². The van der Waals surface area contributed by atoms with Crippen molar-refractivity contribution in [1.29, 1.82) is 0 Å². The van der Waals surface area contributed by atoms with Crippen molar-refractivity contribution >= 4 is 11.9 Å². The summed E-state index contributed by atoms with van der Waals surface area (Å²) >= 11 is 0. The van der Waals surface area contributed by atoms with E-state index in [1.54, 1.807) is 37.5 Å². The van der Waals surface area contributed by atoms with E-state index in [0.717, 1.165) is 16.7 Å². The fraction of sp³-hybridized carbons (Fsp3) is 0.115. The van der Waals surface area contributed by atoms with Crippen LogP contribution >= 0.6 is 0 Å². The van der Waals surface area contributed by atoms with Crippen molar-refractivity contribution in [3.8, 4) is 28.7 Å². The lowest BCUT2D eigenvalue weighted by Crippen LogP contribution is -1.98. The van der Waals surface area contributed by atoms with Crippen LogP contribution in [-0.2, 0) is 6.61 Å². The Kier molecular flexibility index (Phi) is 6.50. The van der Waals surface area contributed by atoms with Crippen molar-refractivity contribution in [2.45, 2.75) is 13.5 Å². The maximum Gasteiger partial charge on any atom is 0.254 e. The van der Waals surface area contributed by atoms with Crippen LogP contribution in [0.15, 0.2) is 77.2 Å². The van der Waals surface area contributed by atoms with Crippen LogP contribution in [0.5, 0.6) is 17.2 Å². The number of aromatic hydroxyl groups is 1. The summed E-state index contributed by atoms with van der Waals surface area (Å²) in [6.07, 6.45) is 3.15. The molecule has 166 valence electrons. The summed E-state index contributed by atoms with van der Waals surface area (Å²) in [5.41, 5.74) is 3.25. The number of carbonyl (C=O) groups is 1. The van der Waals surface area contributed by atoms with Gasteiger partial charge in [0.25, 0.3) is 5.89 Å². The van der Waals surface area contributed by atoms with E-state index in [1.165, 1.54) is 18.2 Å². The molecule has 4 rings (SSSR count). The summed E-state index contributed by atoms with van der Waals surface area (Å²) in [7, 11) is 1.54. The average molecular weight is 442 g/mol. The molecule has 0 radical (unpaired) electrons. The third kappa shape index (κ3) is 5.46. The highest BCUT2D eigenvalue weighted by atomic mass is 16.5. The zero-order valence-corrected chi connectivity index (χ0v) is 18.2. The molecule has 0 saturated heterocycles. The molecule has 1 N–H and O–H groups in total. The number of methoxy groups -OCH3 is 1. The molecule has 0 spiro atoms. The second-order valence-electron chi connectivity index (χ2n) is 7.31. The highest BCUT2D eigenvalue weighted by Crippen LogP contribution is 2.29. The summed E-state index contributed by atoms with van der Waals surface area (Å²) in [6, 6.07) is 19.2. The highest BCUT2D eigenvalue weighted by molar-refractivity contribution is 6.06. The normalized spacial score (nSPS) is 11.0. The predicted octanol–water partition coefficient (Wildman–Crippen LogP) is 5.23. The number of aromatic nitrogens is 2. The monoisotopic (exact) mass is 442 g/mol. The molecule has 33 heavy (non-hydrogen) atoms. The van der Waals surface area contributed by atoms with Gasteiger partial charge in [-0.2, -0.15) is 0 Å². The van der Waals surface area contributed by atoms with E-state index in [0.29, 0.717) is 28.8 Å². The van der Waals surface area contributed by atoms with Gasteiger partial charge in [-0.3, -0.25) is 4.79 Å². The SMILES string of the molecule is COc1cc(/C=C/C(=O)c2ccc(O)cc2)ccc1OCc1nnc(-c2ccc(C)cc2)o1. The summed E-state index contributed by atoms with van der Waals surface area (Å²) in [5, 5.41) is 17.5. The van der Waals surface area contributed by atoms with Crippen LogP contribution in [0.2, 0.25) is 0 Å². The maximum atomic E-state index is 12.3. The molecule has 1 aromatic heterocycles. The first-order chi connectivity index (χ1) is 16.0. The van der Waals surface area contributed by atoms with E-state index in [1.807, 2.05) is 37.3 Å². The molecule has 0 fully saturated rings. The third-order valence-corrected chi connectivity index (χ3v) is 4.88. The minimum absolute atomic E-state index is 0.0870. The molecule has 0 aliphatic rings. The van der Waals surface area contributed by atoms with Crippen molar-refractivity contribution < 1.29 is 23.8 Å². The Balaban J connectivity index is 1.41. The van der Waals surface area contributed by atoms with Gasteiger partial charge in [0.05, 0.1) is 7.11 Å². The van der Waals surface area contributed by atoms with E-state index >= 15 is 0 Å². The van der Waals surface area contributed by atoms with Crippen molar-refractivity contribution in [3.05, 3.63) is 95.4 Å². The molecule has 3 aromatic carbocycles. The van der Waals surface area contributed by atoms with Crippen molar-refractivity contribution in [3.63, 3.8) is 0 Å². The van der Waals surface area contributed by atoms with Gasteiger partial charge < -0.3 is 19.0 Å². The zero-order valence-electron chi connectivity index (χ0n) is 18.2. The van der Waals surface area contributed by atoms with Crippen molar-refractivity contribution in [2.24, 2.45) is 0 Å². The molecule has 0 atom stereocenters. The molecule has 7 nitrogen and oxygen atoms in total. The molecule has 0 aliphatic carbocycles. The Bertz CT molecular complexity index is 1280. The molecular formula is C26H22N2O5. The molecule has 4 aromatic rings. The van der Waals surface area contributed by atoms with Gasteiger partial charge in [0.1, 0.15) is 5.75 Å². The predicted molar refractivity (Wildman–Crippen MR) is 123 cm³/mol. The Morgan fingerprint density at radius 3 is 2.48 bits per heavy atom. The highest BCUT2D eigenvalue weighted by Gasteiger charge is 2.11. The number of benzene rings is 3. The quantitative estimate of drug-likeness (QED) is 0.295. The zero-order chi connectivity index (χ0) is 23.2. The summed E-state index contributed by atoms with van der Waals surface area (Å²) < 4.78 is 16.9. The van der Waals surface area contributed by atoms with E-state index in [9.17, 15) is 9.90 Å². The first-order valence-corrected chi connectivity index (χ1v) is 10.2. The van der Waals surface area contributed by atoms with Crippen LogP contribution in [0, 0.1) is 6.92 Å². The maximum absolute atomic E-state index is 12.3. The number of ketones is 1. The summed E-state index contributed by atoms with van der Waals surface area (Å²) in [4.78, 5) is 12.3. The van der Waals surface area contributed by atoms with Crippen LogP contribution in [0.3, 0.4) is 0 Å². The fourth-order valence-electron chi connectivity index (χ4n) is 3.07. The van der Waals surface area contributed by atoms with Crippen LogP contribution < -0.4 is 9.47 Å². The number of carbonyl (C=O) groups excluding carboxylic acids is 1. The van der Waals surface area contributed by atoms with Gasteiger partial charge in [-0.15, -0.1) is 10.2 Å². The van der Waals surface area contributed by atoms with Crippen molar-refractivity contribution in [1.82, 2.24) is 10.2 Å². The minimum Gasteiger partial charge on any atom is -0.508 e. The van der Waals surface area contributed by atoms with Crippen LogP contribution in [0.25, 0.3) is 17.5 Å². The Labute approximate surface area is 190 Å². The van der Waals surface area contributed by atoms with Gasteiger partial charge in [-0.1, -0.05) is 29.8 Å². The third-order valence-electron chi connectivity index (χ3n) is 4.88. The average Bonchev–Trinajstić information content (AvgIpc) is 3.31. The number of phenols is 1. The second kappa shape index (κ2) is 9.82. The van der Waals surface area contributed by atoms with Crippen LogP contribution in [-0.4, -0.2) is 28.2 Å². The number of ether oxygens (including phenoxy) is 2. The van der Waals surface area contributed by atoms with Crippen LogP contribution in [0.4, 0.5) is 0 Å². The standard InChI is InChI=1S/C26H22N2O5/c1-17-3-7-20(8-4-17)26-28-27-25(33-26)16-32-23-14-6-18(15-24(23)31-2)5-13-22(30)19-9-11-21(29)12-10-19/h3-15,29H,16H2,1-2H3/b13-5+. The van der Waals surface area contributed by atoms with Gasteiger partial charge in [-0.05, 0) is 67.1 Å². The number of hydrogen-bond acceptors (Lipinski definition) is 7. The number of rotatable bonds is 8. The topological polar surface area (TPSA) is 94.7 Å². The first-order valence-electron chi connectivity index (χ1n) is 10.2. The fourth-order valence-corrected chi connectivity index (χ4v) is 3.07. The summed E-state index contributed by atoms with van der Waals surface area (Å²) in [6.45, 7) is 2.10. The van der Waals surface area contributed by atoms with Crippen molar-refractivity contribution in [2.75, 3.05) is 7.11 Å². The number of nitrogens with zero attached hydrogens (tertiary/aromatic N) is 2. The van der Waals surface area contributed by atoms with Gasteiger partial charge in [0.15, 0.2) is 23.9 Å². The van der Waals surface area contributed by atoms with Gasteiger partial charge in [-0.25, -0.2) is 0 Å². The molecule has 1 heterocycles. The molecule has 0 amide bonds. The molecule has 7 heteroatoms. The Morgan fingerprint density at radius 1 is 1.00 bits per heavy atom. The molecule has 0 bridgehead atoms. The molecule has 0 unspecified atom stereocenters. The summed E-state index contributed by atoms with van der Waals surface area (Å²) in [5.74, 6) is 1.73. The number of aryl methyl sites for hydroxylation is 1. The molecular weight excluding hydrogens is 420 g/mol. The lowest BCUT2D eigenvalue weighted by Gasteiger charge is -2.10. The minimum atomic E-state index is -0.171. The number of hydrogen-bond donors (Lipinski definition) is 1. The molecule has 0 saturated carbocycles. The number of phenolic OH excluding ortho intramolecular Hbond substituents is 1. The van der Waals surface area contributed by atoms with E-state index in [-0.39, 0.29) is 18.1 Å².